The highest BCUT2D eigenvalue weighted by atomic mass is 16.4. The van der Waals surface area contributed by atoms with Gasteiger partial charge in [-0.2, -0.15) is 0 Å². The summed E-state index contributed by atoms with van der Waals surface area (Å²) in [5.41, 5.74) is 3.18. The lowest BCUT2D eigenvalue weighted by atomic mass is 10.1. The molecule has 0 aromatic heterocycles. The molecular weight excluding hydrogens is 202 g/mol. The third-order valence-corrected chi connectivity index (χ3v) is 2.52. The summed E-state index contributed by atoms with van der Waals surface area (Å²) in [5.74, 6) is -0.904. The van der Waals surface area contributed by atoms with Crippen LogP contribution in [0.2, 0.25) is 0 Å². The average molecular weight is 219 g/mol. The van der Waals surface area contributed by atoms with Crippen molar-refractivity contribution in [1.82, 2.24) is 0 Å². The van der Waals surface area contributed by atoms with Crippen LogP contribution < -0.4 is 4.90 Å². The van der Waals surface area contributed by atoms with Crippen molar-refractivity contribution in [3.63, 3.8) is 0 Å². The Morgan fingerprint density at radius 3 is 2.56 bits per heavy atom. The number of carboxylic acids is 1. The third-order valence-electron chi connectivity index (χ3n) is 2.52. The Labute approximate surface area is 96.0 Å². The quantitative estimate of drug-likeness (QED) is 0.846. The molecule has 0 bridgehead atoms. The van der Waals surface area contributed by atoms with Gasteiger partial charge >= 0.3 is 5.97 Å². The minimum atomic E-state index is -0.904. The molecule has 1 N–H and O–H groups in total. The Balaban J connectivity index is 3.25. The van der Waals surface area contributed by atoms with Gasteiger partial charge in [-0.1, -0.05) is 12.6 Å². The van der Waals surface area contributed by atoms with E-state index in [9.17, 15) is 4.79 Å². The molecule has 0 heterocycles. The lowest BCUT2D eigenvalue weighted by molar-refractivity contribution is 0.0697. The lowest BCUT2D eigenvalue weighted by Crippen LogP contribution is -2.20. The van der Waals surface area contributed by atoms with Gasteiger partial charge < -0.3 is 10.0 Å². The van der Waals surface area contributed by atoms with Crippen LogP contribution in [0.1, 0.15) is 29.8 Å². The van der Waals surface area contributed by atoms with Crippen LogP contribution in [-0.4, -0.2) is 17.6 Å². The molecule has 0 amide bonds. The molecule has 0 aliphatic carbocycles. The number of aromatic carboxylic acids is 1. The molecule has 0 aliphatic heterocycles. The average Bonchev–Trinajstić information content (AvgIpc) is 2.20. The van der Waals surface area contributed by atoms with E-state index >= 15 is 0 Å². The van der Waals surface area contributed by atoms with Gasteiger partial charge in [0.25, 0.3) is 0 Å². The Morgan fingerprint density at radius 2 is 2.12 bits per heavy atom. The minimum Gasteiger partial charge on any atom is -0.478 e. The number of carboxylic acid groups (broad SMARTS) is 1. The molecule has 0 aliphatic rings. The van der Waals surface area contributed by atoms with E-state index in [4.69, 9.17) is 5.11 Å². The fourth-order valence-corrected chi connectivity index (χ4v) is 1.68. The van der Waals surface area contributed by atoms with Crippen molar-refractivity contribution in [3.8, 4) is 0 Å². The summed E-state index contributed by atoms with van der Waals surface area (Å²) in [6.07, 6.45) is 0. The molecule has 86 valence electrons. The summed E-state index contributed by atoms with van der Waals surface area (Å²) in [7, 11) is 0. The van der Waals surface area contributed by atoms with Crippen LogP contribution in [0.15, 0.2) is 30.5 Å². The van der Waals surface area contributed by atoms with E-state index in [2.05, 4.69) is 6.58 Å². The van der Waals surface area contributed by atoms with Crippen LogP contribution in [0.25, 0.3) is 0 Å². The predicted molar refractivity (Wildman–Crippen MR) is 66.0 cm³/mol. The summed E-state index contributed by atoms with van der Waals surface area (Å²) >= 11 is 0. The van der Waals surface area contributed by atoms with Crippen molar-refractivity contribution < 1.29 is 9.90 Å². The number of hydrogen-bond acceptors (Lipinski definition) is 2. The molecule has 1 aromatic rings. The summed E-state index contributed by atoms with van der Waals surface area (Å²) in [4.78, 5) is 12.9. The van der Waals surface area contributed by atoms with Crippen molar-refractivity contribution in [2.24, 2.45) is 0 Å². The van der Waals surface area contributed by atoms with E-state index in [0.29, 0.717) is 5.56 Å². The summed E-state index contributed by atoms with van der Waals surface area (Å²) in [6, 6.07) is 5.13. The summed E-state index contributed by atoms with van der Waals surface area (Å²) in [5, 5.41) is 8.95. The zero-order valence-electron chi connectivity index (χ0n) is 9.95. The fourth-order valence-electron chi connectivity index (χ4n) is 1.68. The highest BCUT2D eigenvalue weighted by molar-refractivity contribution is 5.89. The molecular formula is C13H17NO2. The first-order valence-corrected chi connectivity index (χ1v) is 5.24. The van der Waals surface area contributed by atoms with Gasteiger partial charge in [0.2, 0.25) is 0 Å². The van der Waals surface area contributed by atoms with Crippen LogP contribution >= 0.6 is 0 Å². The second-order valence-corrected chi connectivity index (χ2v) is 3.79. The highest BCUT2D eigenvalue weighted by Crippen LogP contribution is 2.24. The van der Waals surface area contributed by atoms with Crippen LogP contribution in [-0.2, 0) is 0 Å². The van der Waals surface area contributed by atoms with E-state index in [0.717, 1.165) is 23.5 Å². The van der Waals surface area contributed by atoms with Crippen molar-refractivity contribution in [1.29, 1.82) is 0 Å². The first-order chi connectivity index (χ1) is 7.47. The summed E-state index contributed by atoms with van der Waals surface area (Å²) in [6.45, 7) is 10.6. The van der Waals surface area contributed by atoms with E-state index in [1.54, 1.807) is 12.1 Å². The van der Waals surface area contributed by atoms with E-state index in [1.165, 1.54) is 0 Å². The number of carbonyl (C=O) groups is 1. The number of rotatable bonds is 4. The SMILES string of the molecule is C=C(C)N(CC)c1cc(C(=O)O)ccc1C. The second-order valence-electron chi connectivity index (χ2n) is 3.79. The maximum atomic E-state index is 10.9. The van der Waals surface area contributed by atoms with Gasteiger partial charge in [0, 0.05) is 17.9 Å². The van der Waals surface area contributed by atoms with Crippen LogP contribution in [0.4, 0.5) is 5.69 Å². The Morgan fingerprint density at radius 1 is 1.50 bits per heavy atom. The molecule has 0 saturated heterocycles. The molecule has 0 spiro atoms. The Hall–Kier alpha value is -1.77. The molecule has 0 saturated carbocycles. The summed E-state index contributed by atoms with van der Waals surface area (Å²) < 4.78 is 0. The van der Waals surface area contributed by atoms with Gasteiger partial charge in [0.15, 0.2) is 0 Å². The Kier molecular flexibility index (Phi) is 3.72. The van der Waals surface area contributed by atoms with Gasteiger partial charge in [-0.05, 0) is 38.5 Å². The normalized spacial score (nSPS) is 9.94. The van der Waals surface area contributed by atoms with Gasteiger partial charge in [0.05, 0.1) is 5.56 Å². The van der Waals surface area contributed by atoms with Crippen LogP contribution in [0, 0.1) is 6.92 Å². The lowest BCUT2D eigenvalue weighted by Gasteiger charge is -2.25. The van der Waals surface area contributed by atoms with Gasteiger partial charge in [-0.15, -0.1) is 0 Å². The van der Waals surface area contributed by atoms with Crippen molar-refractivity contribution in [3.05, 3.63) is 41.6 Å². The predicted octanol–water partition coefficient (Wildman–Crippen LogP) is 3.05. The van der Waals surface area contributed by atoms with Gasteiger partial charge in [-0.3, -0.25) is 0 Å². The third kappa shape index (κ3) is 2.42. The number of aryl methyl sites for hydroxylation is 1. The van der Waals surface area contributed by atoms with Crippen molar-refractivity contribution >= 4 is 11.7 Å². The highest BCUT2D eigenvalue weighted by Gasteiger charge is 2.11. The Bertz CT molecular complexity index is 424. The smallest absolute Gasteiger partial charge is 0.335 e. The zero-order chi connectivity index (χ0) is 12.3. The minimum absolute atomic E-state index is 0.306. The molecule has 1 rings (SSSR count). The number of nitrogens with zero attached hydrogens (tertiary/aromatic N) is 1. The van der Waals surface area contributed by atoms with Gasteiger partial charge in [-0.25, -0.2) is 4.79 Å². The standard InChI is InChI=1S/C13H17NO2/c1-5-14(9(2)3)12-8-11(13(15)16)7-6-10(12)4/h6-8H,2,5H2,1,3-4H3,(H,15,16). The number of benzene rings is 1. The second kappa shape index (κ2) is 4.84. The number of hydrogen-bond donors (Lipinski definition) is 1. The zero-order valence-corrected chi connectivity index (χ0v) is 9.95. The molecule has 1 aromatic carbocycles. The number of anilines is 1. The fraction of sp³-hybridized carbons (Fsp3) is 0.308. The van der Waals surface area contributed by atoms with Crippen LogP contribution in [0.3, 0.4) is 0 Å². The van der Waals surface area contributed by atoms with E-state index in [1.807, 2.05) is 31.7 Å². The molecule has 0 radical (unpaired) electrons. The molecule has 3 heteroatoms. The van der Waals surface area contributed by atoms with E-state index < -0.39 is 5.97 Å². The maximum absolute atomic E-state index is 10.9. The van der Waals surface area contributed by atoms with Crippen molar-refractivity contribution in [2.75, 3.05) is 11.4 Å². The van der Waals surface area contributed by atoms with Crippen LogP contribution in [0.5, 0.6) is 0 Å². The van der Waals surface area contributed by atoms with Crippen molar-refractivity contribution in [2.45, 2.75) is 20.8 Å². The molecule has 0 atom stereocenters. The van der Waals surface area contributed by atoms with E-state index in [-0.39, 0.29) is 0 Å². The van der Waals surface area contributed by atoms with Gasteiger partial charge in [0.1, 0.15) is 0 Å². The first-order valence-electron chi connectivity index (χ1n) is 5.24. The molecule has 3 nitrogen and oxygen atoms in total. The number of allylic oxidation sites excluding steroid dienone is 1. The first kappa shape index (κ1) is 12.3. The topological polar surface area (TPSA) is 40.5 Å². The molecule has 16 heavy (non-hydrogen) atoms. The molecule has 0 unspecified atom stereocenters. The monoisotopic (exact) mass is 219 g/mol. The maximum Gasteiger partial charge on any atom is 0.335 e. The largest absolute Gasteiger partial charge is 0.478 e. The molecule has 0 fully saturated rings.